The highest BCUT2D eigenvalue weighted by Crippen LogP contribution is 2.52. The second-order valence-corrected chi connectivity index (χ2v) is 9.70. The molecule has 31 heavy (non-hydrogen) atoms. The normalized spacial score (nSPS) is 26.3. The Bertz CT molecular complexity index is 1030. The molecule has 8 heteroatoms. The first-order chi connectivity index (χ1) is 14.7. The minimum Gasteiger partial charge on any atom is -0.466 e. The fourth-order valence-electron chi connectivity index (χ4n) is 4.83. The Labute approximate surface area is 188 Å². The van der Waals surface area contributed by atoms with Gasteiger partial charge in [-0.3, -0.25) is 0 Å². The van der Waals surface area contributed by atoms with Crippen LogP contribution in [0, 0.1) is 0 Å². The molecular weight excluding hydrogens is 470 g/mol. The van der Waals surface area contributed by atoms with Crippen LogP contribution in [0.25, 0.3) is 0 Å². The number of nitrogens with zero attached hydrogens (tertiary/aromatic N) is 2. The summed E-state index contributed by atoms with van der Waals surface area (Å²) in [5.74, 6) is 1.01. The molecular formula is C23H23BrF2N2O3. The van der Waals surface area contributed by atoms with Crippen LogP contribution in [-0.4, -0.2) is 35.3 Å². The first-order valence-electron chi connectivity index (χ1n) is 10.3. The minimum atomic E-state index is -2.84. The number of hydrazone groups is 1. The molecule has 0 radical (unpaired) electrons. The molecule has 3 heterocycles. The average molecular weight is 493 g/mol. The lowest BCUT2D eigenvalue weighted by molar-refractivity contribution is -0.212. The van der Waals surface area contributed by atoms with Crippen LogP contribution in [0.2, 0.25) is 0 Å². The lowest BCUT2D eigenvalue weighted by atomic mass is 9.86. The second-order valence-electron chi connectivity index (χ2n) is 8.78. The van der Waals surface area contributed by atoms with E-state index in [0.29, 0.717) is 25.9 Å². The van der Waals surface area contributed by atoms with Crippen LogP contribution in [0.15, 0.2) is 52.0 Å². The summed E-state index contributed by atoms with van der Waals surface area (Å²) >= 11 is 3.57. The average Bonchev–Trinajstić information content (AvgIpc) is 3.15. The van der Waals surface area contributed by atoms with Crippen molar-refractivity contribution in [2.24, 2.45) is 5.10 Å². The monoisotopic (exact) mass is 492 g/mol. The predicted molar refractivity (Wildman–Crippen MR) is 116 cm³/mol. The van der Waals surface area contributed by atoms with Gasteiger partial charge in [-0.05, 0) is 61.9 Å². The SMILES string of the molecule is CC1(C)C[C@@]2(CCO1)Oc1ccc(Br)cc1[C@@H]1CC(c3ccc(OC(F)F)cc3)=NN12. The van der Waals surface area contributed by atoms with Gasteiger partial charge >= 0.3 is 6.61 Å². The molecule has 2 aromatic rings. The van der Waals surface area contributed by atoms with Gasteiger partial charge in [0, 0.05) is 29.3 Å². The van der Waals surface area contributed by atoms with Crippen molar-refractivity contribution in [3.8, 4) is 11.5 Å². The largest absolute Gasteiger partial charge is 0.466 e. The summed E-state index contributed by atoms with van der Waals surface area (Å²) in [4.78, 5) is 0. The van der Waals surface area contributed by atoms with Crippen LogP contribution >= 0.6 is 15.9 Å². The molecule has 0 N–H and O–H groups in total. The van der Waals surface area contributed by atoms with Gasteiger partial charge in [0.05, 0.1) is 24.0 Å². The highest BCUT2D eigenvalue weighted by atomic mass is 79.9. The van der Waals surface area contributed by atoms with E-state index in [1.54, 1.807) is 24.3 Å². The Balaban J connectivity index is 1.53. The van der Waals surface area contributed by atoms with Gasteiger partial charge in [0.15, 0.2) is 0 Å². The molecule has 2 aromatic carbocycles. The minimum absolute atomic E-state index is 0.0298. The number of rotatable bonds is 3. The first-order valence-corrected chi connectivity index (χ1v) is 11.1. The van der Waals surface area contributed by atoms with Crippen molar-refractivity contribution in [2.75, 3.05) is 6.61 Å². The maximum atomic E-state index is 12.5. The van der Waals surface area contributed by atoms with E-state index in [-0.39, 0.29) is 17.4 Å². The quantitative estimate of drug-likeness (QED) is 0.536. The zero-order valence-electron chi connectivity index (χ0n) is 17.3. The molecule has 0 saturated carbocycles. The highest BCUT2D eigenvalue weighted by molar-refractivity contribution is 9.10. The lowest BCUT2D eigenvalue weighted by Crippen LogP contribution is -2.60. The third-order valence-electron chi connectivity index (χ3n) is 6.06. The Kier molecular flexibility index (Phi) is 4.97. The van der Waals surface area contributed by atoms with Crippen LogP contribution in [0.1, 0.15) is 50.3 Å². The summed E-state index contributed by atoms with van der Waals surface area (Å²) in [5.41, 5.74) is 1.94. The summed E-state index contributed by atoms with van der Waals surface area (Å²) in [5, 5.41) is 7.11. The van der Waals surface area contributed by atoms with Crippen LogP contribution in [0.4, 0.5) is 8.78 Å². The fraction of sp³-hybridized carbons (Fsp3) is 0.435. The summed E-state index contributed by atoms with van der Waals surface area (Å²) in [6.45, 7) is 1.90. The van der Waals surface area contributed by atoms with Crippen LogP contribution in [-0.2, 0) is 4.74 Å². The van der Waals surface area contributed by atoms with Crippen molar-refractivity contribution in [3.63, 3.8) is 0 Å². The van der Waals surface area contributed by atoms with E-state index in [1.165, 1.54) is 0 Å². The van der Waals surface area contributed by atoms with Crippen molar-refractivity contribution in [3.05, 3.63) is 58.1 Å². The Morgan fingerprint density at radius 3 is 2.68 bits per heavy atom. The van der Waals surface area contributed by atoms with Gasteiger partial charge in [-0.15, -0.1) is 0 Å². The Morgan fingerprint density at radius 2 is 1.97 bits per heavy atom. The molecule has 1 spiro atoms. The van der Waals surface area contributed by atoms with Gasteiger partial charge in [-0.1, -0.05) is 15.9 Å². The Morgan fingerprint density at radius 1 is 1.19 bits per heavy atom. The van der Waals surface area contributed by atoms with E-state index in [4.69, 9.17) is 14.6 Å². The standard InChI is InChI=1S/C23H23BrF2N2O3/c1-22(2)13-23(9-10-29-22)28-19(17-11-15(24)5-8-20(17)31-23)12-18(27-28)14-3-6-16(7-4-14)30-21(25)26/h3-8,11,19,21H,9-10,12-13H2,1-2H3/t19-,23+/m0/s1. The molecule has 164 valence electrons. The van der Waals surface area contributed by atoms with Crippen LogP contribution in [0.3, 0.4) is 0 Å². The number of hydrogen-bond acceptors (Lipinski definition) is 5. The number of benzene rings is 2. The second kappa shape index (κ2) is 7.45. The van der Waals surface area contributed by atoms with Gasteiger partial charge < -0.3 is 14.2 Å². The molecule has 0 bridgehead atoms. The summed E-state index contributed by atoms with van der Waals surface area (Å²) in [6.07, 6.45) is 2.09. The van der Waals surface area contributed by atoms with Gasteiger partial charge in [-0.25, -0.2) is 5.01 Å². The smallest absolute Gasteiger partial charge is 0.387 e. The first kappa shape index (κ1) is 20.7. The number of fused-ring (bicyclic) bond motifs is 4. The summed E-state index contributed by atoms with van der Waals surface area (Å²) in [6, 6.07) is 12.8. The van der Waals surface area contributed by atoms with Gasteiger partial charge in [0.25, 0.3) is 0 Å². The number of ether oxygens (including phenoxy) is 3. The molecule has 5 rings (SSSR count). The molecule has 0 aliphatic carbocycles. The molecule has 0 unspecified atom stereocenters. The fourth-order valence-corrected chi connectivity index (χ4v) is 5.21. The van der Waals surface area contributed by atoms with Crippen molar-refractivity contribution in [1.82, 2.24) is 5.01 Å². The van der Waals surface area contributed by atoms with Crippen molar-refractivity contribution >= 4 is 21.6 Å². The molecule has 1 saturated heterocycles. The maximum Gasteiger partial charge on any atom is 0.387 e. The van der Waals surface area contributed by atoms with E-state index in [9.17, 15) is 8.78 Å². The number of hydrogen-bond donors (Lipinski definition) is 0. The molecule has 5 nitrogen and oxygen atoms in total. The zero-order valence-corrected chi connectivity index (χ0v) is 18.9. The third-order valence-corrected chi connectivity index (χ3v) is 6.55. The van der Waals surface area contributed by atoms with Gasteiger partial charge in [-0.2, -0.15) is 13.9 Å². The molecule has 2 atom stereocenters. The molecule has 3 aliphatic rings. The van der Waals surface area contributed by atoms with E-state index in [1.807, 2.05) is 12.1 Å². The van der Waals surface area contributed by atoms with Crippen molar-refractivity contribution in [1.29, 1.82) is 0 Å². The Hall–Kier alpha value is -2.19. The molecule has 0 amide bonds. The third kappa shape index (κ3) is 3.80. The number of alkyl halides is 2. The predicted octanol–water partition coefficient (Wildman–Crippen LogP) is 5.88. The molecule has 3 aliphatic heterocycles. The van der Waals surface area contributed by atoms with E-state index >= 15 is 0 Å². The topological polar surface area (TPSA) is 43.3 Å². The summed E-state index contributed by atoms with van der Waals surface area (Å²) < 4.78 is 43.0. The van der Waals surface area contributed by atoms with Gasteiger partial charge in [0.2, 0.25) is 5.72 Å². The van der Waals surface area contributed by atoms with Crippen molar-refractivity contribution in [2.45, 2.75) is 57.1 Å². The van der Waals surface area contributed by atoms with Crippen LogP contribution < -0.4 is 9.47 Å². The molecule has 1 fully saturated rings. The highest BCUT2D eigenvalue weighted by Gasteiger charge is 2.54. The van der Waals surface area contributed by atoms with Crippen molar-refractivity contribution < 1.29 is 23.0 Å². The van der Waals surface area contributed by atoms with E-state index in [2.05, 4.69) is 45.6 Å². The number of halogens is 3. The van der Waals surface area contributed by atoms with E-state index in [0.717, 1.165) is 27.1 Å². The lowest BCUT2D eigenvalue weighted by Gasteiger charge is -2.52. The van der Waals surface area contributed by atoms with Gasteiger partial charge in [0.1, 0.15) is 11.5 Å². The summed E-state index contributed by atoms with van der Waals surface area (Å²) in [7, 11) is 0. The zero-order chi connectivity index (χ0) is 21.8. The maximum absolute atomic E-state index is 12.5. The molecule has 0 aromatic heterocycles. The van der Waals surface area contributed by atoms with Crippen LogP contribution in [0.5, 0.6) is 11.5 Å². The van der Waals surface area contributed by atoms with E-state index < -0.39 is 12.3 Å².